The van der Waals surface area contributed by atoms with Gasteiger partial charge in [0.05, 0.1) is 0 Å². The fourth-order valence-electron chi connectivity index (χ4n) is 0.844. The van der Waals surface area contributed by atoms with Crippen molar-refractivity contribution in [3.8, 4) is 0 Å². The van der Waals surface area contributed by atoms with Gasteiger partial charge in [0.15, 0.2) is 0 Å². The third kappa shape index (κ3) is 1.60. The summed E-state index contributed by atoms with van der Waals surface area (Å²) in [5.74, 6) is 0. The normalized spacial score (nSPS) is 9.90. The van der Waals surface area contributed by atoms with Crippen molar-refractivity contribution in [2.24, 2.45) is 0 Å². The molecule has 51 valence electrons. The molecule has 0 N–H and O–H groups in total. The monoisotopic (exact) mass is 259 g/mol. The molecule has 0 atom stereocenters. The third-order valence-electron chi connectivity index (χ3n) is 1.57. The lowest BCUT2D eigenvalue weighted by Gasteiger charge is -2.02. The third-order valence-corrected chi connectivity index (χ3v) is 3.12. The van der Waals surface area contributed by atoms with Crippen LogP contribution < -0.4 is 0 Å². The van der Waals surface area contributed by atoms with E-state index in [9.17, 15) is 0 Å². The quantitative estimate of drug-likeness (QED) is 0.536. The van der Waals surface area contributed by atoms with Gasteiger partial charge in [-0.25, -0.2) is 0 Å². The first-order valence-corrected chi connectivity index (χ1v) is 4.93. The second-order valence-corrected chi connectivity index (χ2v) is 3.72. The summed E-state index contributed by atoms with van der Waals surface area (Å²) in [5.41, 5.74) is 2.77. The molecule has 0 unspecified atom stereocenters. The van der Waals surface area contributed by atoms with Crippen molar-refractivity contribution in [3.63, 3.8) is 0 Å². The van der Waals surface area contributed by atoms with E-state index in [1.807, 2.05) is 0 Å². The van der Waals surface area contributed by atoms with E-state index in [4.69, 9.17) is 0 Å². The number of hydrogen-bond acceptors (Lipinski definition) is 0. The molecule has 0 aliphatic heterocycles. The summed E-state index contributed by atoms with van der Waals surface area (Å²) in [4.78, 5) is 0. The molecule has 0 heterocycles. The van der Waals surface area contributed by atoms with Gasteiger partial charge in [0.2, 0.25) is 0 Å². The van der Waals surface area contributed by atoms with E-state index in [0.29, 0.717) is 0 Å². The minimum Gasteiger partial charge on any atom is -0.0609 e. The molecular formula is C8H8ISi. The van der Waals surface area contributed by atoms with E-state index in [1.54, 1.807) is 0 Å². The first kappa shape index (κ1) is 8.27. The Morgan fingerprint density at radius 1 is 1.50 bits per heavy atom. The van der Waals surface area contributed by atoms with Gasteiger partial charge in [-0.15, -0.1) is 0 Å². The van der Waals surface area contributed by atoms with Crippen molar-refractivity contribution in [2.45, 2.75) is 13.0 Å². The van der Waals surface area contributed by atoms with Gasteiger partial charge in [0.25, 0.3) is 0 Å². The van der Waals surface area contributed by atoms with Crippen molar-refractivity contribution in [1.82, 2.24) is 0 Å². The summed E-state index contributed by atoms with van der Waals surface area (Å²) >= 11 is 2.35. The van der Waals surface area contributed by atoms with Crippen molar-refractivity contribution < 1.29 is 0 Å². The molecule has 0 aliphatic rings. The lowest BCUT2D eigenvalue weighted by molar-refractivity contribution is 1.28. The molecule has 0 aliphatic carbocycles. The van der Waals surface area contributed by atoms with Crippen LogP contribution in [0.15, 0.2) is 18.2 Å². The Kier molecular flexibility index (Phi) is 2.91. The molecule has 10 heavy (non-hydrogen) atoms. The van der Waals surface area contributed by atoms with Crippen LogP contribution in [0, 0.1) is 10.5 Å². The molecule has 1 aromatic carbocycles. The Hall–Kier alpha value is 0.167. The highest BCUT2D eigenvalue weighted by Gasteiger charge is 1.97. The molecule has 0 nitrogen and oxygen atoms in total. The largest absolute Gasteiger partial charge is 0.0609 e. The van der Waals surface area contributed by atoms with Crippen LogP contribution in [0.5, 0.6) is 0 Å². The Morgan fingerprint density at radius 3 is 2.70 bits per heavy atom. The van der Waals surface area contributed by atoms with Crippen LogP contribution >= 0.6 is 22.6 Å². The maximum atomic E-state index is 3.49. The average Bonchev–Trinajstić information content (AvgIpc) is 1.95. The molecule has 1 aromatic rings. The number of hydrogen-bond donors (Lipinski definition) is 0. The van der Waals surface area contributed by atoms with E-state index < -0.39 is 0 Å². The summed E-state index contributed by atoms with van der Waals surface area (Å²) in [6.07, 6.45) is 0. The van der Waals surface area contributed by atoms with Crippen molar-refractivity contribution in [1.29, 1.82) is 0 Å². The number of halogens is 1. The van der Waals surface area contributed by atoms with E-state index in [-0.39, 0.29) is 0 Å². The van der Waals surface area contributed by atoms with Crippen LogP contribution in [0.4, 0.5) is 0 Å². The summed E-state index contributed by atoms with van der Waals surface area (Å²) < 4.78 is 1.34. The molecule has 0 fully saturated rings. The highest BCUT2D eigenvalue weighted by Crippen LogP contribution is 2.14. The van der Waals surface area contributed by atoms with Crippen molar-refractivity contribution in [3.05, 3.63) is 32.9 Å². The summed E-state index contributed by atoms with van der Waals surface area (Å²) in [6, 6.07) is 7.30. The molecule has 2 heteroatoms. The predicted molar refractivity (Wildman–Crippen MR) is 53.4 cm³/mol. The molecule has 0 saturated carbocycles. The molecular weight excluding hydrogens is 251 g/mol. The summed E-state index contributed by atoms with van der Waals surface area (Å²) in [6.45, 7) is 2.15. The predicted octanol–water partition coefficient (Wildman–Crippen LogP) is 2.27. The first-order valence-electron chi connectivity index (χ1n) is 3.14. The van der Waals surface area contributed by atoms with Crippen LogP contribution in [0.2, 0.25) is 0 Å². The van der Waals surface area contributed by atoms with E-state index in [1.165, 1.54) is 14.7 Å². The fourth-order valence-corrected chi connectivity index (χ4v) is 1.78. The average molecular weight is 259 g/mol. The summed E-state index contributed by atoms with van der Waals surface area (Å²) in [5, 5.41) is 0. The first-order chi connectivity index (χ1) is 4.75. The van der Waals surface area contributed by atoms with Gasteiger partial charge in [-0.05, 0) is 52.8 Å². The molecule has 0 saturated heterocycles. The van der Waals surface area contributed by atoms with Crippen molar-refractivity contribution >= 4 is 32.8 Å². The van der Waals surface area contributed by atoms with Crippen LogP contribution in [0.1, 0.15) is 11.1 Å². The number of rotatable bonds is 1. The maximum absolute atomic E-state index is 3.49. The van der Waals surface area contributed by atoms with Gasteiger partial charge in [-0.1, -0.05) is 12.1 Å². The van der Waals surface area contributed by atoms with Crippen molar-refractivity contribution in [2.75, 3.05) is 0 Å². The molecule has 0 bridgehead atoms. The van der Waals surface area contributed by atoms with Gasteiger partial charge in [0.1, 0.15) is 0 Å². The molecule has 0 aromatic heterocycles. The van der Waals surface area contributed by atoms with Crippen LogP contribution in [-0.2, 0) is 6.04 Å². The topological polar surface area (TPSA) is 0 Å². The second-order valence-electron chi connectivity index (χ2n) is 2.20. The van der Waals surface area contributed by atoms with Crippen LogP contribution in [0.3, 0.4) is 0 Å². The van der Waals surface area contributed by atoms with E-state index >= 15 is 0 Å². The van der Waals surface area contributed by atoms with Gasteiger partial charge < -0.3 is 0 Å². The zero-order chi connectivity index (χ0) is 7.56. The van der Waals surface area contributed by atoms with Gasteiger partial charge in [0, 0.05) is 13.8 Å². The van der Waals surface area contributed by atoms with Crippen LogP contribution in [0.25, 0.3) is 0 Å². The minimum atomic E-state index is 0.947. The Labute approximate surface area is 78.6 Å². The highest BCUT2D eigenvalue weighted by atomic mass is 127. The van der Waals surface area contributed by atoms with E-state index in [0.717, 1.165) is 6.04 Å². The lowest BCUT2D eigenvalue weighted by Crippen LogP contribution is -1.90. The molecule has 0 spiro atoms. The van der Waals surface area contributed by atoms with Gasteiger partial charge >= 0.3 is 0 Å². The minimum absolute atomic E-state index is 0.947. The second kappa shape index (κ2) is 3.53. The fraction of sp³-hybridized carbons (Fsp3) is 0.250. The summed E-state index contributed by atoms with van der Waals surface area (Å²) in [7, 11) is 3.49. The maximum Gasteiger partial charge on any atom is 0.0283 e. The molecule has 0 amide bonds. The zero-order valence-corrected chi connectivity index (χ0v) is 8.97. The Bertz CT molecular complexity index is 233. The standard InChI is InChI=1S/C8H8ISi/c1-6-7(5-10)3-2-4-8(6)9/h2-4H,5H2,1H3. The van der Waals surface area contributed by atoms with Gasteiger partial charge in [-0.2, -0.15) is 0 Å². The Balaban J connectivity index is 3.14. The van der Waals surface area contributed by atoms with Gasteiger partial charge in [-0.3, -0.25) is 0 Å². The molecule has 1 rings (SSSR count). The smallest absolute Gasteiger partial charge is 0.0283 e. The lowest BCUT2D eigenvalue weighted by atomic mass is 10.1. The molecule has 3 radical (unpaired) electrons. The SMILES string of the molecule is Cc1c(I)cccc1C[Si]. The van der Waals surface area contributed by atoms with E-state index in [2.05, 4.69) is 58.0 Å². The number of benzene rings is 1. The Morgan fingerprint density at radius 2 is 2.20 bits per heavy atom. The zero-order valence-electron chi connectivity index (χ0n) is 5.82. The highest BCUT2D eigenvalue weighted by molar-refractivity contribution is 14.1. The van der Waals surface area contributed by atoms with Crippen LogP contribution in [-0.4, -0.2) is 10.2 Å².